The Labute approximate surface area is 254 Å². The number of anilines is 1. The summed E-state index contributed by atoms with van der Waals surface area (Å²) in [5.41, 5.74) is 3.57. The van der Waals surface area contributed by atoms with Crippen LogP contribution in [0.4, 0.5) is 5.13 Å². The van der Waals surface area contributed by atoms with Gasteiger partial charge < -0.3 is 21.0 Å². The number of thiazole rings is 1. The summed E-state index contributed by atoms with van der Waals surface area (Å²) >= 11 is 3.15. The number of β-lactam (4-membered cyclic amide) rings is 1. The van der Waals surface area contributed by atoms with Crippen LogP contribution in [0.3, 0.4) is 0 Å². The number of nitrogens with one attached hydrogen (secondary N) is 3. The average molecular weight is 674 g/mol. The molecule has 230 valence electrons. The monoisotopic (exact) mass is 673 g/mol. The molecule has 2 amide bonds. The number of rotatable bonds is 12. The van der Waals surface area contributed by atoms with Crippen LogP contribution in [0.2, 0.25) is 0 Å². The first kappa shape index (κ1) is 31.9. The number of oxime groups is 1. The molecule has 2 aromatic heterocycles. The lowest BCUT2D eigenvalue weighted by atomic mass is 10.0. The molecule has 0 saturated carbocycles. The molecule has 1 fully saturated rings. The third-order valence-corrected chi connectivity index (χ3v) is 9.21. The number of nitrogen functional groups attached to an aromatic ring is 1. The normalized spacial score (nSPS) is 18.9. The molecule has 43 heavy (non-hydrogen) atoms. The predicted octanol–water partition coefficient (Wildman–Crippen LogP) is -2.09. The van der Waals surface area contributed by atoms with E-state index >= 15 is 0 Å². The molecule has 18 nitrogen and oxygen atoms in total. The van der Waals surface area contributed by atoms with E-state index in [1.165, 1.54) is 35.7 Å². The maximum Gasteiger partial charge on any atom is 0.352 e. The zero-order chi connectivity index (χ0) is 31.5. The summed E-state index contributed by atoms with van der Waals surface area (Å²) in [5.74, 6) is -2.66. The van der Waals surface area contributed by atoms with Gasteiger partial charge in [-0.25, -0.2) is 28.0 Å². The largest absolute Gasteiger partial charge is 0.477 e. The van der Waals surface area contributed by atoms with E-state index < -0.39 is 50.3 Å². The summed E-state index contributed by atoms with van der Waals surface area (Å²) in [7, 11) is -2.31. The number of aromatic amines is 1. The van der Waals surface area contributed by atoms with Crippen molar-refractivity contribution in [3.63, 3.8) is 0 Å². The molecule has 0 aromatic carbocycles. The van der Waals surface area contributed by atoms with Gasteiger partial charge in [0, 0.05) is 24.2 Å². The number of thioether (sulfide) groups is 2. The number of fused-ring (bicyclic) bond motifs is 1. The van der Waals surface area contributed by atoms with Crippen molar-refractivity contribution in [2.45, 2.75) is 23.1 Å². The van der Waals surface area contributed by atoms with E-state index in [2.05, 4.69) is 30.4 Å². The van der Waals surface area contributed by atoms with Gasteiger partial charge in [-0.15, -0.1) is 28.2 Å². The molecule has 0 radical (unpaired) electrons. The summed E-state index contributed by atoms with van der Waals surface area (Å²) in [4.78, 5) is 72.0. The van der Waals surface area contributed by atoms with Crippen molar-refractivity contribution in [2.75, 3.05) is 31.4 Å². The minimum absolute atomic E-state index is 0.00756. The molecule has 2 unspecified atom stereocenters. The molecule has 1 saturated heterocycles. The first-order valence-corrected chi connectivity index (χ1v) is 16.5. The number of hydrogen-bond acceptors (Lipinski definition) is 15. The highest BCUT2D eigenvalue weighted by Gasteiger charge is 2.54. The van der Waals surface area contributed by atoms with Gasteiger partial charge in [0.1, 0.15) is 29.9 Å². The highest BCUT2D eigenvalue weighted by atomic mass is 32.2. The van der Waals surface area contributed by atoms with Gasteiger partial charge in [0.25, 0.3) is 11.8 Å². The maximum atomic E-state index is 13.0. The fraction of sp³-hybridized carbons (Fsp3) is 0.333. The van der Waals surface area contributed by atoms with Gasteiger partial charge >= 0.3 is 17.1 Å². The van der Waals surface area contributed by atoms with Crippen LogP contribution >= 0.6 is 34.9 Å². The van der Waals surface area contributed by atoms with Crippen LogP contribution in [-0.2, 0) is 35.8 Å². The second-order valence-corrected chi connectivity index (χ2v) is 13.3. The van der Waals surface area contributed by atoms with E-state index in [4.69, 9.17) is 10.6 Å². The Morgan fingerprint density at radius 2 is 2.12 bits per heavy atom. The molecule has 2 aliphatic heterocycles. The van der Waals surface area contributed by atoms with Crippen LogP contribution in [0, 0.1) is 0 Å². The van der Waals surface area contributed by atoms with E-state index in [0.29, 0.717) is 0 Å². The summed E-state index contributed by atoms with van der Waals surface area (Å²) in [6.45, 7) is -0.374. The van der Waals surface area contributed by atoms with Crippen molar-refractivity contribution in [3.8, 4) is 0 Å². The van der Waals surface area contributed by atoms with Gasteiger partial charge in [-0.05, 0) is 17.1 Å². The number of carbonyl (C=O) groups is 3. The molecule has 2 aromatic rings. The van der Waals surface area contributed by atoms with Crippen LogP contribution in [0.1, 0.15) is 5.69 Å². The zero-order valence-electron chi connectivity index (χ0n) is 22.2. The SMILES string of the molecule is CO/N=C(/C(=O)NC1C(=O)N2C(C(=O)O)=C(/C=C/Sc3n[nH]c(=O)c(=O)n3CCNS(C)(=O)=O)CSC12)c1csc(N)n1. The van der Waals surface area contributed by atoms with Crippen LogP contribution in [0.5, 0.6) is 0 Å². The first-order valence-electron chi connectivity index (χ1n) is 11.8. The molecule has 0 spiro atoms. The summed E-state index contributed by atoms with van der Waals surface area (Å²) in [6, 6.07) is -1.05. The van der Waals surface area contributed by atoms with Crippen LogP contribution in [0.15, 0.2) is 48.0 Å². The Balaban J connectivity index is 1.50. The van der Waals surface area contributed by atoms with Crippen molar-refractivity contribution in [1.82, 2.24) is 34.7 Å². The van der Waals surface area contributed by atoms with Crippen molar-refractivity contribution < 1.29 is 32.7 Å². The number of hydrogen-bond donors (Lipinski definition) is 5. The van der Waals surface area contributed by atoms with Gasteiger partial charge in [0.05, 0.1) is 6.26 Å². The molecule has 4 rings (SSSR count). The number of nitrogens with zero attached hydrogens (tertiary/aromatic N) is 5. The summed E-state index contributed by atoms with van der Waals surface area (Å²) in [5, 5.41) is 24.4. The zero-order valence-corrected chi connectivity index (χ0v) is 25.4. The van der Waals surface area contributed by atoms with Crippen molar-refractivity contribution in [3.05, 3.63) is 54.5 Å². The topological polar surface area (TPSA) is 261 Å². The highest BCUT2D eigenvalue weighted by molar-refractivity contribution is 8.02. The second kappa shape index (κ2) is 13.1. The smallest absolute Gasteiger partial charge is 0.352 e. The summed E-state index contributed by atoms with van der Waals surface area (Å²) in [6.07, 6.45) is 2.36. The van der Waals surface area contributed by atoms with Gasteiger partial charge in [0.15, 0.2) is 16.0 Å². The van der Waals surface area contributed by atoms with Crippen molar-refractivity contribution in [2.24, 2.45) is 5.16 Å². The van der Waals surface area contributed by atoms with Gasteiger partial charge in [-0.3, -0.25) is 28.6 Å². The Morgan fingerprint density at radius 1 is 1.37 bits per heavy atom. The molecular weight excluding hydrogens is 651 g/mol. The Hall–Kier alpha value is -3.99. The quantitative estimate of drug-likeness (QED) is 0.0532. The Morgan fingerprint density at radius 3 is 2.74 bits per heavy atom. The van der Waals surface area contributed by atoms with E-state index in [9.17, 15) is 37.5 Å². The lowest BCUT2D eigenvalue weighted by Crippen LogP contribution is -2.71. The van der Waals surface area contributed by atoms with E-state index in [1.54, 1.807) is 0 Å². The van der Waals surface area contributed by atoms with Gasteiger partial charge in [0.2, 0.25) is 10.0 Å². The van der Waals surface area contributed by atoms with Crippen LogP contribution in [-0.4, -0.2) is 98.7 Å². The number of carboxylic acid groups (broad SMARTS) is 1. The molecule has 0 bridgehead atoms. The maximum absolute atomic E-state index is 13.0. The van der Waals surface area contributed by atoms with Gasteiger partial charge in [-0.1, -0.05) is 16.9 Å². The van der Waals surface area contributed by atoms with E-state index in [-0.39, 0.29) is 51.8 Å². The molecule has 4 heterocycles. The van der Waals surface area contributed by atoms with Crippen LogP contribution < -0.4 is 26.9 Å². The third-order valence-electron chi connectivity index (χ3n) is 5.71. The number of amides is 2. The molecule has 0 aliphatic carbocycles. The van der Waals surface area contributed by atoms with Crippen LogP contribution in [0.25, 0.3) is 0 Å². The lowest BCUT2D eigenvalue weighted by Gasteiger charge is -2.49. The standard InChI is InChI=1S/C21H23N9O9S4/c1-39-28-11(10-8-42-20(22)24-10)14(31)25-12-16(33)30-13(19(35)36)9(7-41-18(12)30)3-6-40-21-27-26-15(32)17(34)29(21)5-4-23-43(2,37)38/h3,6,8,12,18,23H,4-5,7H2,1-2H3,(H2,22,24)(H,25,31)(H,26,32)(H,35,36)/b6-3+,28-11+. The minimum atomic E-state index is -3.54. The lowest BCUT2D eigenvalue weighted by molar-refractivity contribution is -0.150. The molecule has 6 N–H and O–H groups in total. The molecule has 22 heteroatoms. The number of aromatic nitrogens is 4. The van der Waals surface area contributed by atoms with E-state index in [0.717, 1.165) is 38.8 Å². The highest BCUT2D eigenvalue weighted by Crippen LogP contribution is 2.41. The third kappa shape index (κ3) is 7.15. The number of nitrogens with two attached hydrogens (primary N) is 1. The predicted molar refractivity (Wildman–Crippen MR) is 157 cm³/mol. The second-order valence-electron chi connectivity index (χ2n) is 8.61. The summed E-state index contributed by atoms with van der Waals surface area (Å²) < 4.78 is 25.9. The average Bonchev–Trinajstić information content (AvgIpc) is 3.37. The van der Waals surface area contributed by atoms with Crippen molar-refractivity contribution in [1.29, 1.82) is 0 Å². The number of aliphatic carboxylic acids is 1. The van der Waals surface area contributed by atoms with E-state index in [1.807, 2.05) is 0 Å². The first-order chi connectivity index (χ1) is 20.3. The molecule has 2 atom stereocenters. The fourth-order valence-corrected chi connectivity index (χ4v) is 6.98. The Bertz CT molecular complexity index is 1780. The minimum Gasteiger partial charge on any atom is -0.477 e. The number of H-pyrrole nitrogens is 1. The number of allylic oxidation sites excluding steroid dienone is 1. The number of carbonyl (C=O) groups excluding carboxylic acids is 2. The molecule has 2 aliphatic rings. The number of carboxylic acids is 1. The van der Waals surface area contributed by atoms with Crippen molar-refractivity contribution >= 4 is 73.5 Å². The fourth-order valence-electron chi connectivity index (χ4n) is 3.90. The number of sulfonamides is 1. The Kier molecular flexibility index (Phi) is 9.74. The molecular formula is C21H23N9O9S4. The van der Waals surface area contributed by atoms with Gasteiger partial charge in [-0.2, -0.15) is 0 Å².